The Morgan fingerprint density at radius 2 is 1.77 bits per heavy atom. The first-order chi connectivity index (χ1) is 12.5. The molecule has 1 aliphatic rings. The van der Waals surface area contributed by atoms with Gasteiger partial charge in [-0.3, -0.25) is 0 Å². The van der Waals surface area contributed by atoms with Gasteiger partial charge in [0.05, 0.1) is 16.7 Å². The van der Waals surface area contributed by atoms with Crippen molar-refractivity contribution in [3.8, 4) is 16.9 Å². The first kappa shape index (κ1) is 18.3. The average molecular weight is 374 g/mol. The molecule has 0 spiro atoms. The van der Waals surface area contributed by atoms with Gasteiger partial charge in [0.15, 0.2) is 0 Å². The Bertz CT molecular complexity index is 911. The predicted octanol–water partition coefficient (Wildman–Crippen LogP) is 4.81. The van der Waals surface area contributed by atoms with Gasteiger partial charge in [-0.25, -0.2) is 4.79 Å². The molecular formula is C20H20ClNO4. The molecule has 0 radical (unpaired) electrons. The highest BCUT2D eigenvalue weighted by Crippen LogP contribution is 2.34. The highest BCUT2D eigenvalue weighted by atomic mass is 35.5. The van der Waals surface area contributed by atoms with E-state index >= 15 is 0 Å². The number of phenolic OH excluding ortho intramolecular Hbond substituents is 1. The molecule has 0 aliphatic heterocycles. The fourth-order valence-corrected chi connectivity index (χ4v) is 3.36. The van der Waals surface area contributed by atoms with Gasteiger partial charge < -0.3 is 20.3 Å². The summed E-state index contributed by atoms with van der Waals surface area (Å²) in [6.07, 6.45) is 6.05. The Morgan fingerprint density at radius 1 is 1.12 bits per heavy atom. The van der Waals surface area contributed by atoms with Gasteiger partial charge in [-0.05, 0) is 42.7 Å². The topological polar surface area (TPSA) is 93.5 Å². The quantitative estimate of drug-likeness (QED) is 0.518. The molecular weight excluding hydrogens is 354 g/mol. The van der Waals surface area contributed by atoms with E-state index in [1.807, 2.05) is 0 Å². The number of halogens is 1. The molecule has 0 saturated heterocycles. The summed E-state index contributed by atoms with van der Waals surface area (Å²) in [5, 5.41) is 28.3. The van der Waals surface area contributed by atoms with Crippen molar-refractivity contribution in [2.45, 2.75) is 31.8 Å². The van der Waals surface area contributed by atoms with Crippen molar-refractivity contribution in [2.75, 3.05) is 0 Å². The van der Waals surface area contributed by atoms with Crippen LogP contribution in [0.3, 0.4) is 0 Å². The molecule has 26 heavy (non-hydrogen) atoms. The Balaban J connectivity index is 0.000000278. The number of H-pyrrole nitrogens is 1. The second kappa shape index (κ2) is 7.81. The number of phenols is 1. The number of carboxylic acid groups (broad SMARTS) is 1. The number of aromatic nitrogens is 1. The van der Waals surface area contributed by atoms with Crippen molar-refractivity contribution < 1.29 is 20.1 Å². The van der Waals surface area contributed by atoms with Gasteiger partial charge in [-0.15, -0.1) is 0 Å². The van der Waals surface area contributed by atoms with Crippen LogP contribution in [0.25, 0.3) is 22.0 Å². The number of hydrogen-bond donors (Lipinski definition) is 4. The first-order valence-corrected chi connectivity index (χ1v) is 8.85. The minimum Gasteiger partial charge on any atom is -0.508 e. The van der Waals surface area contributed by atoms with Crippen molar-refractivity contribution >= 4 is 28.5 Å². The molecule has 6 heteroatoms. The van der Waals surface area contributed by atoms with E-state index in [0.717, 1.165) is 24.0 Å². The molecule has 1 aliphatic carbocycles. The first-order valence-electron chi connectivity index (χ1n) is 8.47. The van der Waals surface area contributed by atoms with Crippen molar-refractivity contribution in [3.63, 3.8) is 0 Å². The molecule has 0 amide bonds. The van der Waals surface area contributed by atoms with E-state index in [9.17, 15) is 9.90 Å². The minimum absolute atomic E-state index is 0.0463. The van der Waals surface area contributed by atoms with Crippen LogP contribution in [0.4, 0.5) is 0 Å². The third-order valence-electron chi connectivity index (χ3n) is 4.50. The maximum absolute atomic E-state index is 11.2. The number of rotatable bonds is 2. The number of aliphatic hydroxyl groups is 1. The second-order valence-corrected chi connectivity index (χ2v) is 6.78. The Labute approximate surface area is 155 Å². The van der Waals surface area contributed by atoms with Crippen LogP contribution in [0.15, 0.2) is 42.6 Å². The molecule has 0 bridgehead atoms. The van der Waals surface area contributed by atoms with E-state index in [-0.39, 0.29) is 17.4 Å². The molecule has 1 fully saturated rings. The maximum Gasteiger partial charge on any atom is 0.337 e. The molecule has 0 unspecified atom stereocenters. The number of carboxylic acids is 1. The number of carbonyl (C=O) groups is 1. The SMILES string of the molecule is O=C(O)c1c[nH]c2cc(Cl)c(-c3ccc(O)cc3)cc12.OC1CCCC1. The molecule has 4 N–H and O–H groups in total. The smallest absolute Gasteiger partial charge is 0.337 e. The Hall–Kier alpha value is -2.50. The van der Waals surface area contributed by atoms with Gasteiger partial charge >= 0.3 is 5.97 Å². The molecule has 0 atom stereocenters. The third-order valence-corrected chi connectivity index (χ3v) is 4.82. The summed E-state index contributed by atoms with van der Waals surface area (Å²) in [5.41, 5.74) is 2.42. The maximum atomic E-state index is 11.2. The Kier molecular flexibility index (Phi) is 5.49. The summed E-state index contributed by atoms with van der Waals surface area (Å²) in [7, 11) is 0. The van der Waals surface area contributed by atoms with Crippen molar-refractivity contribution in [1.29, 1.82) is 0 Å². The highest BCUT2D eigenvalue weighted by molar-refractivity contribution is 6.34. The van der Waals surface area contributed by atoms with Crippen LogP contribution in [-0.4, -0.2) is 32.4 Å². The van der Waals surface area contributed by atoms with Crippen LogP contribution >= 0.6 is 11.6 Å². The fraction of sp³-hybridized carbons (Fsp3) is 0.250. The molecule has 3 aromatic rings. The normalized spacial score (nSPS) is 14.2. The van der Waals surface area contributed by atoms with E-state index in [2.05, 4.69) is 4.98 Å². The largest absolute Gasteiger partial charge is 0.508 e. The van der Waals surface area contributed by atoms with Gasteiger partial charge in [-0.2, -0.15) is 0 Å². The van der Waals surface area contributed by atoms with Crippen molar-refractivity contribution in [3.05, 3.63) is 53.2 Å². The number of aromatic amines is 1. The average Bonchev–Trinajstić information content (AvgIpc) is 3.24. The van der Waals surface area contributed by atoms with E-state index in [1.165, 1.54) is 19.0 Å². The zero-order valence-electron chi connectivity index (χ0n) is 14.1. The van der Waals surface area contributed by atoms with E-state index in [1.54, 1.807) is 36.4 Å². The lowest BCUT2D eigenvalue weighted by molar-refractivity contribution is 0.0699. The predicted molar refractivity (Wildman–Crippen MR) is 102 cm³/mol. The van der Waals surface area contributed by atoms with Crippen LogP contribution in [-0.2, 0) is 0 Å². The molecule has 1 heterocycles. The number of aromatic hydroxyl groups is 1. The van der Waals surface area contributed by atoms with Crippen LogP contribution in [0.5, 0.6) is 5.75 Å². The fourth-order valence-electron chi connectivity index (χ4n) is 3.09. The number of benzene rings is 2. The van der Waals surface area contributed by atoms with Crippen molar-refractivity contribution in [2.24, 2.45) is 0 Å². The molecule has 4 rings (SSSR count). The number of aliphatic hydroxyl groups excluding tert-OH is 1. The van der Waals surface area contributed by atoms with Crippen LogP contribution < -0.4 is 0 Å². The van der Waals surface area contributed by atoms with Crippen molar-refractivity contribution in [1.82, 2.24) is 4.98 Å². The highest BCUT2D eigenvalue weighted by Gasteiger charge is 2.14. The molecule has 5 nitrogen and oxygen atoms in total. The van der Waals surface area contributed by atoms with E-state index in [0.29, 0.717) is 15.9 Å². The van der Waals surface area contributed by atoms with Crippen LogP contribution in [0, 0.1) is 0 Å². The van der Waals surface area contributed by atoms with Crippen LogP contribution in [0.1, 0.15) is 36.0 Å². The zero-order chi connectivity index (χ0) is 18.7. The molecule has 1 aromatic heterocycles. The lowest BCUT2D eigenvalue weighted by atomic mass is 10.0. The summed E-state index contributed by atoms with van der Waals surface area (Å²) in [6, 6.07) is 10.0. The van der Waals surface area contributed by atoms with E-state index < -0.39 is 5.97 Å². The minimum atomic E-state index is -0.991. The number of fused-ring (bicyclic) bond motifs is 1. The standard InChI is InChI=1S/C15H10ClNO3.C5H10O/c16-13-6-14-11(12(7-17-14)15(19)20)5-10(13)8-1-3-9(18)4-2-8;6-5-3-1-2-4-5/h1-7,17-18H,(H,19,20);5-6H,1-4H2. The molecule has 2 aromatic carbocycles. The summed E-state index contributed by atoms with van der Waals surface area (Å²) >= 11 is 6.24. The summed E-state index contributed by atoms with van der Waals surface area (Å²) in [5.74, 6) is -0.825. The van der Waals surface area contributed by atoms with Crippen LogP contribution in [0.2, 0.25) is 5.02 Å². The van der Waals surface area contributed by atoms with Gasteiger partial charge in [-0.1, -0.05) is 36.6 Å². The lowest BCUT2D eigenvalue weighted by Crippen LogP contribution is -1.94. The summed E-state index contributed by atoms with van der Waals surface area (Å²) < 4.78 is 0. The molecule has 1 saturated carbocycles. The van der Waals surface area contributed by atoms with Gasteiger partial charge in [0.2, 0.25) is 0 Å². The lowest BCUT2D eigenvalue weighted by Gasteiger charge is -2.06. The number of aromatic carboxylic acids is 1. The Morgan fingerprint density at radius 3 is 2.31 bits per heavy atom. The zero-order valence-corrected chi connectivity index (χ0v) is 14.8. The van der Waals surface area contributed by atoms with Gasteiger partial charge in [0.25, 0.3) is 0 Å². The molecule has 136 valence electrons. The van der Waals surface area contributed by atoms with Gasteiger partial charge in [0, 0.05) is 22.7 Å². The third kappa shape index (κ3) is 4.00. The number of nitrogens with one attached hydrogen (secondary N) is 1. The monoisotopic (exact) mass is 373 g/mol. The van der Waals surface area contributed by atoms with E-state index in [4.69, 9.17) is 21.8 Å². The summed E-state index contributed by atoms with van der Waals surface area (Å²) in [4.78, 5) is 14.1. The summed E-state index contributed by atoms with van der Waals surface area (Å²) in [6.45, 7) is 0. The number of hydrogen-bond acceptors (Lipinski definition) is 3. The second-order valence-electron chi connectivity index (χ2n) is 6.37. The van der Waals surface area contributed by atoms with Gasteiger partial charge in [0.1, 0.15) is 5.75 Å².